The molecule has 0 radical (unpaired) electrons. The van der Waals surface area contributed by atoms with E-state index in [0.717, 1.165) is 22.4 Å². The highest BCUT2D eigenvalue weighted by Gasteiger charge is 2.33. The van der Waals surface area contributed by atoms with Crippen LogP contribution in [0.2, 0.25) is 0 Å². The third-order valence-corrected chi connectivity index (χ3v) is 6.43. The molecule has 4 rings (SSSR count). The molecule has 6 heteroatoms. The summed E-state index contributed by atoms with van der Waals surface area (Å²) >= 11 is 1.46. The third kappa shape index (κ3) is 2.56. The van der Waals surface area contributed by atoms with Crippen LogP contribution in [0.4, 0.5) is 0 Å². The van der Waals surface area contributed by atoms with Crippen LogP contribution in [0.3, 0.4) is 0 Å². The zero-order chi connectivity index (χ0) is 18.6. The van der Waals surface area contributed by atoms with Gasteiger partial charge in [-0.2, -0.15) is 0 Å². The van der Waals surface area contributed by atoms with Crippen LogP contribution in [-0.2, 0) is 20.0 Å². The van der Waals surface area contributed by atoms with Crippen LogP contribution in [0.25, 0.3) is 10.2 Å². The fourth-order valence-corrected chi connectivity index (χ4v) is 5.11. The predicted octanol–water partition coefficient (Wildman–Crippen LogP) is 2.79. The van der Waals surface area contributed by atoms with E-state index in [2.05, 4.69) is 13.8 Å². The van der Waals surface area contributed by atoms with Crippen molar-refractivity contribution in [3.05, 3.63) is 67.2 Å². The van der Waals surface area contributed by atoms with E-state index in [0.29, 0.717) is 22.7 Å². The second-order valence-corrected chi connectivity index (χ2v) is 8.54. The Hall–Kier alpha value is -2.18. The van der Waals surface area contributed by atoms with Crippen LogP contribution in [0.15, 0.2) is 39.9 Å². The first-order valence-corrected chi connectivity index (χ1v) is 9.69. The normalized spacial score (nSPS) is 19.4. The van der Waals surface area contributed by atoms with Crippen molar-refractivity contribution >= 4 is 21.6 Å². The highest BCUT2D eigenvalue weighted by molar-refractivity contribution is 7.18. The lowest BCUT2D eigenvalue weighted by Crippen LogP contribution is -2.38. The largest absolute Gasteiger partial charge is 0.388 e. The minimum Gasteiger partial charge on any atom is -0.388 e. The molecule has 5 nitrogen and oxygen atoms in total. The highest BCUT2D eigenvalue weighted by atomic mass is 32.1. The summed E-state index contributed by atoms with van der Waals surface area (Å²) in [6.45, 7) is 4.67. The number of aromatic nitrogens is 2. The summed E-state index contributed by atoms with van der Waals surface area (Å²) in [5, 5.41) is 11.3. The maximum Gasteiger partial charge on any atom is 0.331 e. The van der Waals surface area contributed by atoms with Crippen molar-refractivity contribution in [2.75, 3.05) is 0 Å². The van der Waals surface area contributed by atoms with Crippen molar-refractivity contribution in [3.8, 4) is 0 Å². The van der Waals surface area contributed by atoms with E-state index in [1.165, 1.54) is 23.0 Å². The van der Waals surface area contributed by atoms with Gasteiger partial charge in [-0.15, -0.1) is 11.3 Å². The van der Waals surface area contributed by atoms with Gasteiger partial charge in [0.05, 0.1) is 11.5 Å². The van der Waals surface area contributed by atoms with Gasteiger partial charge in [-0.3, -0.25) is 13.9 Å². The van der Waals surface area contributed by atoms with Crippen LogP contribution in [0, 0.1) is 5.92 Å². The molecule has 3 aromatic rings. The average Bonchev–Trinajstić information content (AvgIpc) is 3.19. The number of aliphatic hydroxyl groups excluding tert-OH is 1. The van der Waals surface area contributed by atoms with E-state index in [9.17, 15) is 14.7 Å². The minimum absolute atomic E-state index is 0.0721. The second kappa shape index (κ2) is 6.21. The quantitative estimate of drug-likeness (QED) is 0.771. The van der Waals surface area contributed by atoms with E-state index in [4.69, 9.17) is 0 Å². The molecule has 1 N–H and O–H groups in total. The van der Waals surface area contributed by atoms with Crippen LogP contribution >= 0.6 is 11.3 Å². The molecule has 1 aromatic carbocycles. The number of benzene rings is 1. The lowest BCUT2D eigenvalue weighted by Gasteiger charge is -2.13. The minimum atomic E-state index is -0.576. The van der Waals surface area contributed by atoms with Crippen LogP contribution < -0.4 is 11.2 Å². The number of hydrogen-bond donors (Lipinski definition) is 1. The van der Waals surface area contributed by atoms with Crippen LogP contribution in [-0.4, -0.2) is 14.2 Å². The number of aliphatic hydroxyl groups is 1. The summed E-state index contributed by atoms with van der Waals surface area (Å²) in [6.07, 6.45) is 0.173. The molecule has 0 spiro atoms. The topological polar surface area (TPSA) is 64.2 Å². The smallest absolute Gasteiger partial charge is 0.331 e. The molecule has 136 valence electrons. The van der Waals surface area contributed by atoms with Crippen LogP contribution in [0.1, 0.15) is 41.9 Å². The fourth-order valence-electron chi connectivity index (χ4n) is 3.83. The molecule has 0 bridgehead atoms. The third-order valence-electron chi connectivity index (χ3n) is 5.14. The summed E-state index contributed by atoms with van der Waals surface area (Å²) in [5.74, 6) is 0.220. The average molecular weight is 370 g/mol. The molecule has 0 aliphatic heterocycles. The van der Waals surface area contributed by atoms with Gasteiger partial charge in [-0.1, -0.05) is 38.1 Å². The van der Waals surface area contributed by atoms with E-state index >= 15 is 0 Å². The van der Waals surface area contributed by atoms with Crippen LogP contribution in [0.5, 0.6) is 0 Å². The Bertz CT molecular complexity index is 1110. The summed E-state index contributed by atoms with van der Waals surface area (Å²) in [7, 11) is 1.53. The molecule has 0 saturated heterocycles. The van der Waals surface area contributed by atoms with Gasteiger partial charge in [0.15, 0.2) is 0 Å². The zero-order valence-electron chi connectivity index (χ0n) is 15.1. The Morgan fingerprint density at radius 2 is 2.00 bits per heavy atom. The van der Waals surface area contributed by atoms with E-state index in [-0.39, 0.29) is 17.2 Å². The van der Waals surface area contributed by atoms with Crippen molar-refractivity contribution in [2.45, 2.75) is 38.8 Å². The van der Waals surface area contributed by atoms with E-state index in [1.807, 2.05) is 30.3 Å². The summed E-state index contributed by atoms with van der Waals surface area (Å²) in [6, 6.07) is 9.79. The van der Waals surface area contributed by atoms with Gasteiger partial charge in [-0.05, 0) is 29.5 Å². The lowest BCUT2D eigenvalue weighted by atomic mass is 10.0. The van der Waals surface area contributed by atoms with Gasteiger partial charge < -0.3 is 5.11 Å². The van der Waals surface area contributed by atoms with Gasteiger partial charge in [-0.25, -0.2) is 4.79 Å². The van der Waals surface area contributed by atoms with Gasteiger partial charge in [0.2, 0.25) is 0 Å². The predicted molar refractivity (Wildman–Crippen MR) is 104 cm³/mol. The molecule has 26 heavy (non-hydrogen) atoms. The zero-order valence-corrected chi connectivity index (χ0v) is 15.9. The van der Waals surface area contributed by atoms with E-state index in [1.54, 1.807) is 4.57 Å². The molecule has 1 aliphatic carbocycles. The van der Waals surface area contributed by atoms with Crippen molar-refractivity contribution in [2.24, 2.45) is 13.0 Å². The van der Waals surface area contributed by atoms with Crippen molar-refractivity contribution < 1.29 is 5.11 Å². The van der Waals surface area contributed by atoms with Crippen molar-refractivity contribution in [3.63, 3.8) is 0 Å². The Kier molecular flexibility index (Phi) is 4.12. The number of fused-ring (bicyclic) bond motifs is 2. The number of rotatable bonds is 3. The first-order chi connectivity index (χ1) is 12.4. The molecule has 2 aromatic heterocycles. The van der Waals surface area contributed by atoms with Gasteiger partial charge in [0.25, 0.3) is 5.56 Å². The standard InChI is InChI=1S/C20H22N2O3S/c1-11(2)10-22-19-15(18(24)21(3)20(22)25)9-16(26-19)14-8-12-6-4-5-7-13(12)17(14)23/h4-7,9,11,14,17,23H,8,10H2,1-3H3. The lowest BCUT2D eigenvalue weighted by molar-refractivity contribution is 0.159. The maximum atomic E-state index is 12.6. The summed E-state index contributed by atoms with van der Waals surface area (Å²) < 4.78 is 2.88. The maximum absolute atomic E-state index is 12.6. The van der Waals surface area contributed by atoms with Crippen molar-refractivity contribution in [1.29, 1.82) is 0 Å². The van der Waals surface area contributed by atoms with Crippen molar-refractivity contribution in [1.82, 2.24) is 9.13 Å². The number of hydrogen-bond acceptors (Lipinski definition) is 4. The summed E-state index contributed by atoms with van der Waals surface area (Å²) in [4.78, 5) is 26.9. The SMILES string of the molecule is CC(C)Cn1c(=O)n(C)c(=O)c2cc(C3Cc4ccccc4C3O)sc21. The molecule has 2 heterocycles. The molecule has 0 saturated carbocycles. The molecule has 0 amide bonds. The van der Waals surface area contributed by atoms with Gasteiger partial charge in [0.1, 0.15) is 4.83 Å². The Morgan fingerprint density at radius 3 is 2.69 bits per heavy atom. The molecule has 1 aliphatic rings. The first kappa shape index (κ1) is 17.2. The Labute approximate surface area is 155 Å². The first-order valence-electron chi connectivity index (χ1n) is 8.87. The van der Waals surface area contributed by atoms with Gasteiger partial charge in [0, 0.05) is 24.4 Å². The summed E-state index contributed by atoms with van der Waals surface area (Å²) in [5.41, 5.74) is 1.56. The Morgan fingerprint density at radius 1 is 1.27 bits per heavy atom. The molecular formula is C20H22N2O3S. The number of thiophene rings is 1. The fraction of sp³-hybridized carbons (Fsp3) is 0.400. The van der Waals surface area contributed by atoms with E-state index < -0.39 is 6.10 Å². The van der Waals surface area contributed by atoms with Gasteiger partial charge >= 0.3 is 5.69 Å². The highest BCUT2D eigenvalue weighted by Crippen LogP contribution is 2.45. The molecule has 2 atom stereocenters. The molecule has 2 unspecified atom stereocenters. The Balaban J connectivity index is 1.88. The molecular weight excluding hydrogens is 348 g/mol. The monoisotopic (exact) mass is 370 g/mol. The second-order valence-electron chi connectivity index (χ2n) is 7.47. The number of nitrogens with zero attached hydrogens (tertiary/aromatic N) is 2. The molecule has 0 fully saturated rings.